The summed E-state index contributed by atoms with van der Waals surface area (Å²) in [5, 5.41) is 14.0. The number of hydrogen-bond acceptors (Lipinski definition) is 4. The number of nitro benzene ring substituents is 1. The number of likely N-dealkylation sites (tertiary alicyclic amines) is 1. The first-order valence-electron chi connectivity index (χ1n) is 11.9. The molecule has 4 rings (SSSR count). The standard InChI is InChI=1S/C28H34N2O3Si/c1-28(2,3)34(25-11-7-5-8-12-25,26-13-9-6-10-14-26)27-19-23(29(4)20-27)21-33-24-17-15-22(16-18-24)30(31)32/h5-18,23,27H,19-21H2,1-4H3/t23-,27+/m1/s1. The maximum absolute atomic E-state index is 10.9. The van der Waals surface area contributed by atoms with E-state index in [2.05, 4.69) is 93.4 Å². The topological polar surface area (TPSA) is 55.6 Å². The molecule has 1 fully saturated rings. The molecule has 0 aliphatic carbocycles. The highest BCUT2D eigenvalue weighted by Crippen LogP contribution is 2.48. The molecular weight excluding hydrogens is 440 g/mol. The minimum absolute atomic E-state index is 0.0806. The SMILES string of the molecule is CN1C[C@@H]([Si](c2ccccc2)(c2ccccc2)C(C)(C)C)C[C@@H]1COc1ccc([N+](=O)[O-])cc1. The van der Waals surface area contributed by atoms with Gasteiger partial charge in [-0.15, -0.1) is 0 Å². The van der Waals surface area contributed by atoms with Crippen molar-refractivity contribution in [1.82, 2.24) is 4.90 Å². The van der Waals surface area contributed by atoms with Gasteiger partial charge in [-0.25, -0.2) is 0 Å². The minimum atomic E-state index is -2.20. The molecule has 1 saturated heterocycles. The second-order valence-electron chi connectivity index (χ2n) is 10.4. The predicted octanol–water partition coefficient (Wildman–Crippen LogP) is 5.11. The largest absolute Gasteiger partial charge is 0.492 e. The van der Waals surface area contributed by atoms with Crippen LogP contribution in [0.4, 0.5) is 5.69 Å². The third-order valence-corrected chi connectivity index (χ3v) is 13.9. The van der Waals surface area contributed by atoms with Crippen LogP contribution in [-0.4, -0.2) is 44.1 Å². The van der Waals surface area contributed by atoms with Gasteiger partial charge in [-0.3, -0.25) is 10.1 Å². The fraction of sp³-hybridized carbons (Fsp3) is 0.357. The highest BCUT2D eigenvalue weighted by molar-refractivity contribution is 7.05. The Morgan fingerprint density at radius 2 is 1.47 bits per heavy atom. The molecule has 178 valence electrons. The quantitative estimate of drug-likeness (QED) is 0.271. The van der Waals surface area contributed by atoms with Gasteiger partial charge in [0.1, 0.15) is 20.4 Å². The van der Waals surface area contributed by atoms with Gasteiger partial charge in [-0.2, -0.15) is 0 Å². The van der Waals surface area contributed by atoms with Crippen LogP contribution in [0.1, 0.15) is 27.2 Å². The van der Waals surface area contributed by atoms with E-state index in [4.69, 9.17) is 4.74 Å². The molecule has 1 aliphatic rings. The lowest BCUT2D eigenvalue weighted by molar-refractivity contribution is -0.384. The first-order valence-corrected chi connectivity index (χ1v) is 14.0. The van der Waals surface area contributed by atoms with Crippen molar-refractivity contribution in [3.63, 3.8) is 0 Å². The third-order valence-electron chi connectivity index (χ3n) is 7.43. The van der Waals surface area contributed by atoms with Crippen LogP contribution in [0.15, 0.2) is 84.9 Å². The molecule has 0 saturated carbocycles. The van der Waals surface area contributed by atoms with Crippen molar-refractivity contribution in [2.24, 2.45) is 0 Å². The van der Waals surface area contributed by atoms with Gasteiger partial charge in [-0.05, 0) is 42.7 Å². The van der Waals surface area contributed by atoms with Crippen molar-refractivity contribution >= 4 is 24.1 Å². The molecular formula is C28H34N2O3Si. The number of non-ortho nitro benzene ring substituents is 1. The van der Waals surface area contributed by atoms with E-state index in [1.807, 2.05) is 0 Å². The minimum Gasteiger partial charge on any atom is -0.492 e. The molecule has 5 nitrogen and oxygen atoms in total. The average Bonchev–Trinajstić information content (AvgIpc) is 3.19. The molecule has 3 aromatic rings. The Balaban J connectivity index is 1.64. The molecule has 1 aliphatic heterocycles. The summed E-state index contributed by atoms with van der Waals surface area (Å²) in [7, 11) is -0.00432. The van der Waals surface area contributed by atoms with E-state index in [0.29, 0.717) is 23.9 Å². The van der Waals surface area contributed by atoms with Gasteiger partial charge < -0.3 is 9.64 Å². The number of nitro groups is 1. The second kappa shape index (κ2) is 9.72. The maximum atomic E-state index is 10.9. The van der Waals surface area contributed by atoms with E-state index in [1.54, 1.807) is 12.1 Å². The summed E-state index contributed by atoms with van der Waals surface area (Å²) >= 11 is 0. The summed E-state index contributed by atoms with van der Waals surface area (Å²) in [5.41, 5.74) is 0.616. The van der Waals surface area contributed by atoms with Crippen LogP contribution in [0.3, 0.4) is 0 Å². The van der Waals surface area contributed by atoms with Crippen molar-refractivity contribution < 1.29 is 9.66 Å². The zero-order valence-electron chi connectivity index (χ0n) is 20.5. The van der Waals surface area contributed by atoms with Gasteiger partial charge in [0.05, 0.1) is 4.92 Å². The summed E-state index contributed by atoms with van der Waals surface area (Å²) in [6.45, 7) is 8.85. The molecule has 0 N–H and O–H groups in total. The van der Waals surface area contributed by atoms with Gasteiger partial charge in [0.15, 0.2) is 0 Å². The lowest BCUT2D eigenvalue weighted by Gasteiger charge is -2.48. The van der Waals surface area contributed by atoms with Crippen LogP contribution in [0.5, 0.6) is 5.75 Å². The smallest absolute Gasteiger partial charge is 0.269 e. The Labute approximate surface area is 203 Å². The monoisotopic (exact) mass is 474 g/mol. The Morgan fingerprint density at radius 3 is 1.94 bits per heavy atom. The highest BCUT2D eigenvalue weighted by Gasteiger charge is 2.55. The van der Waals surface area contributed by atoms with Crippen LogP contribution < -0.4 is 15.1 Å². The van der Waals surface area contributed by atoms with Crippen molar-refractivity contribution in [1.29, 1.82) is 0 Å². The fourth-order valence-electron chi connectivity index (χ4n) is 5.96. The van der Waals surface area contributed by atoms with E-state index in [1.165, 1.54) is 22.5 Å². The molecule has 0 amide bonds. The molecule has 0 radical (unpaired) electrons. The third kappa shape index (κ3) is 4.52. The van der Waals surface area contributed by atoms with Crippen molar-refractivity contribution in [2.45, 2.75) is 43.8 Å². The molecule has 34 heavy (non-hydrogen) atoms. The van der Waals surface area contributed by atoms with E-state index < -0.39 is 8.07 Å². The van der Waals surface area contributed by atoms with Gasteiger partial charge in [0.2, 0.25) is 0 Å². The molecule has 0 aromatic heterocycles. The zero-order chi connectivity index (χ0) is 24.3. The van der Waals surface area contributed by atoms with E-state index in [9.17, 15) is 10.1 Å². The summed E-state index contributed by atoms with van der Waals surface area (Å²) < 4.78 is 6.10. The molecule has 0 bridgehead atoms. The molecule has 0 spiro atoms. The van der Waals surface area contributed by atoms with Gasteiger partial charge in [-0.1, -0.05) is 91.8 Å². The number of benzene rings is 3. The normalized spacial score (nSPS) is 19.2. The van der Waals surface area contributed by atoms with Gasteiger partial charge in [0, 0.05) is 18.2 Å². The molecule has 3 aromatic carbocycles. The summed E-state index contributed by atoms with van der Waals surface area (Å²) in [6.07, 6.45) is 1.07. The summed E-state index contributed by atoms with van der Waals surface area (Å²) in [6, 6.07) is 29.0. The van der Waals surface area contributed by atoms with Crippen molar-refractivity contribution in [3.8, 4) is 5.75 Å². The van der Waals surface area contributed by atoms with E-state index in [0.717, 1.165) is 13.0 Å². The second-order valence-corrected chi connectivity index (χ2v) is 15.5. The first-order chi connectivity index (χ1) is 16.2. The number of nitrogens with zero attached hydrogens (tertiary/aromatic N) is 2. The number of likely N-dealkylation sites (N-methyl/N-ethyl adjacent to an activating group) is 1. The summed E-state index contributed by atoms with van der Waals surface area (Å²) in [5.74, 6) is 0.674. The van der Waals surface area contributed by atoms with E-state index in [-0.39, 0.29) is 15.6 Å². The average molecular weight is 475 g/mol. The van der Waals surface area contributed by atoms with Crippen LogP contribution in [0.25, 0.3) is 0 Å². The lowest BCUT2D eigenvalue weighted by atomic mass is 10.2. The van der Waals surface area contributed by atoms with E-state index >= 15 is 0 Å². The van der Waals surface area contributed by atoms with Crippen molar-refractivity contribution in [3.05, 3.63) is 95.0 Å². The van der Waals surface area contributed by atoms with Crippen molar-refractivity contribution in [2.75, 3.05) is 20.2 Å². The summed E-state index contributed by atoms with van der Waals surface area (Å²) in [4.78, 5) is 13.0. The number of hydrogen-bond donors (Lipinski definition) is 0. The zero-order valence-corrected chi connectivity index (χ0v) is 21.5. The molecule has 0 unspecified atom stereocenters. The fourth-order valence-corrected chi connectivity index (χ4v) is 12.8. The van der Waals surface area contributed by atoms with Crippen LogP contribution in [0.2, 0.25) is 10.6 Å². The number of ether oxygens (including phenoxy) is 1. The Hall–Kier alpha value is -2.96. The highest BCUT2D eigenvalue weighted by atomic mass is 28.3. The Kier molecular flexibility index (Phi) is 6.91. The first kappa shape index (κ1) is 24.2. The van der Waals surface area contributed by atoms with Crippen LogP contribution >= 0.6 is 0 Å². The predicted molar refractivity (Wildman–Crippen MR) is 141 cm³/mol. The maximum Gasteiger partial charge on any atom is 0.269 e. The van der Waals surface area contributed by atoms with Gasteiger partial charge in [0.25, 0.3) is 5.69 Å². The molecule has 6 heteroatoms. The Morgan fingerprint density at radius 1 is 0.941 bits per heavy atom. The molecule has 2 atom stereocenters. The van der Waals surface area contributed by atoms with Crippen LogP contribution in [0, 0.1) is 10.1 Å². The Bertz CT molecular complexity index is 1060. The number of rotatable bonds is 7. The van der Waals surface area contributed by atoms with Crippen LogP contribution in [-0.2, 0) is 0 Å². The molecule has 1 heterocycles. The van der Waals surface area contributed by atoms with Gasteiger partial charge >= 0.3 is 0 Å². The lowest BCUT2D eigenvalue weighted by Crippen LogP contribution is -2.67.